The second-order valence-corrected chi connectivity index (χ2v) is 27.0. The first kappa shape index (κ1) is 83.3. The summed E-state index contributed by atoms with van der Waals surface area (Å²) < 4.78 is 5.49. The van der Waals surface area contributed by atoms with Crippen LogP contribution < -0.4 is 5.32 Å². The second kappa shape index (κ2) is 74.8. The summed E-state index contributed by atoms with van der Waals surface area (Å²) in [6.45, 7) is 4.96. The van der Waals surface area contributed by atoms with Crippen molar-refractivity contribution in [1.82, 2.24) is 5.32 Å². The van der Waals surface area contributed by atoms with Gasteiger partial charge < -0.3 is 20.3 Å². The van der Waals surface area contributed by atoms with Crippen LogP contribution in [0.4, 0.5) is 0 Å². The van der Waals surface area contributed by atoms with Crippen molar-refractivity contribution in [2.75, 3.05) is 13.2 Å². The van der Waals surface area contributed by atoms with E-state index in [0.717, 1.165) is 51.4 Å². The second-order valence-electron chi connectivity index (χ2n) is 27.0. The van der Waals surface area contributed by atoms with Gasteiger partial charge in [-0.05, 0) is 51.4 Å². The van der Waals surface area contributed by atoms with Crippen LogP contribution in [0.15, 0.2) is 24.3 Å². The highest BCUT2D eigenvalue weighted by atomic mass is 16.5. The summed E-state index contributed by atoms with van der Waals surface area (Å²) in [6.07, 6.45) is 95.5. The van der Waals surface area contributed by atoms with E-state index in [2.05, 4.69) is 43.5 Å². The molecule has 2 atom stereocenters. The Balaban J connectivity index is 3.33. The molecule has 0 saturated heterocycles. The monoisotopic (exact) mass is 1200 g/mol. The molecule has 0 aliphatic rings. The Morgan fingerprint density at radius 2 is 0.600 bits per heavy atom. The van der Waals surface area contributed by atoms with Crippen molar-refractivity contribution in [2.45, 2.75) is 456 Å². The largest absolute Gasteiger partial charge is 0.466 e. The van der Waals surface area contributed by atoms with E-state index in [0.29, 0.717) is 25.9 Å². The van der Waals surface area contributed by atoms with Crippen molar-refractivity contribution in [2.24, 2.45) is 0 Å². The molecule has 0 aliphatic carbocycles. The van der Waals surface area contributed by atoms with Gasteiger partial charge in [0.15, 0.2) is 0 Å². The smallest absolute Gasteiger partial charge is 0.305 e. The van der Waals surface area contributed by atoms with E-state index >= 15 is 0 Å². The number of hydrogen-bond acceptors (Lipinski definition) is 5. The summed E-state index contributed by atoms with van der Waals surface area (Å²) in [7, 11) is 0. The van der Waals surface area contributed by atoms with Gasteiger partial charge in [0.25, 0.3) is 0 Å². The number of carbonyl (C=O) groups is 2. The third-order valence-electron chi connectivity index (χ3n) is 18.5. The minimum Gasteiger partial charge on any atom is -0.466 e. The highest BCUT2D eigenvalue weighted by molar-refractivity contribution is 5.76. The van der Waals surface area contributed by atoms with Crippen molar-refractivity contribution >= 4 is 11.9 Å². The Morgan fingerprint density at radius 3 is 0.929 bits per heavy atom. The van der Waals surface area contributed by atoms with E-state index in [4.69, 9.17) is 4.74 Å². The summed E-state index contributed by atoms with van der Waals surface area (Å²) in [4.78, 5) is 24.6. The fourth-order valence-electron chi connectivity index (χ4n) is 12.5. The number of aliphatic hydroxyl groups excluding tert-OH is 2. The summed E-state index contributed by atoms with van der Waals surface area (Å²) >= 11 is 0. The molecule has 0 aliphatic heterocycles. The van der Waals surface area contributed by atoms with Gasteiger partial charge in [0.1, 0.15) is 0 Å². The molecule has 0 aromatic carbocycles. The van der Waals surface area contributed by atoms with Crippen molar-refractivity contribution in [3.05, 3.63) is 24.3 Å². The zero-order valence-corrected chi connectivity index (χ0v) is 57.9. The fourth-order valence-corrected chi connectivity index (χ4v) is 12.5. The van der Waals surface area contributed by atoms with E-state index in [-0.39, 0.29) is 18.5 Å². The summed E-state index contributed by atoms with van der Waals surface area (Å²) in [5, 5.41) is 23.5. The molecule has 1 amide bonds. The molecule has 0 aromatic rings. The van der Waals surface area contributed by atoms with Crippen LogP contribution in [0.2, 0.25) is 0 Å². The lowest BCUT2D eigenvalue weighted by Gasteiger charge is -2.22. The van der Waals surface area contributed by atoms with Crippen LogP contribution in [-0.2, 0) is 14.3 Å². The number of esters is 1. The molecule has 504 valence electrons. The van der Waals surface area contributed by atoms with E-state index in [9.17, 15) is 19.8 Å². The number of carbonyl (C=O) groups excluding carboxylic acids is 2. The van der Waals surface area contributed by atoms with Gasteiger partial charge >= 0.3 is 5.97 Å². The van der Waals surface area contributed by atoms with Crippen molar-refractivity contribution in [3.63, 3.8) is 0 Å². The van der Waals surface area contributed by atoms with Gasteiger partial charge in [0.2, 0.25) is 5.91 Å². The summed E-state index contributed by atoms with van der Waals surface area (Å²) in [5.41, 5.74) is 0. The van der Waals surface area contributed by atoms with Gasteiger partial charge in [-0.1, -0.05) is 404 Å². The number of rotatable bonds is 74. The zero-order valence-electron chi connectivity index (χ0n) is 57.9. The predicted octanol–water partition coefficient (Wildman–Crippen LogP) is 25.7. The Kier molecular flexibility index (Phi) is 73.3. The average Bonchev–Trinajstić information content (AvgIpc) is 3.50. The molecule has 0 radical (unpaired) electrons. The van der Waals surface area contributed by atoms with Gasteiger partial charge in [-0.15, -0.1) is 0 Å². The van der Waals surface area contributed by atoms with E-state index in [1.807, 2.05) is 0 Å². The van der Waals surface area contributed by atoms with Gasteiger partial charge in [-0.2, -0.15) is 0 Å². The molecular formula is C79H153NO5. The van der Waals surface area contributed by atoms with Crippen LogP contribution in [0.5, 0.6) is 0 Å². The van der Waals surface area contributed by atoms with E-state index < -0.39 is 12.1 Å². The zero-order chi connectivity index (χ0) is 61.3. The molecule has 6 heteroatoms. The van der Waals surface area contributed by atoms with Crippen molar-refractivity contribution in [3.8, 4) is 0 Å². The highest BCUT2D eigenvalue weighted by Gasteiger charge is 2.20. The minimum absolute atomic E-state index is 0.00740. The van der Waals surface area contributed by atoms with Crippen LogP contribution in [0.25, 0.3) is 0 Å². The van der Waals surface area contributed by atoms with Crippen LogP contribution in [0, 0.1) is 0 Å². The number of amides is 1. The molecule has 85 heavy (non-hydrogen) atoms. The third-order valence-corrected chi connectivity index (χ3v) is 18.5. The maximum Gasteiger partial charge on any atom is 0.305 e. The number of nitrogens with one attached hydrogen (secondary N) is 1. The first-order valence-electron chi connectivity index (χ1n) is 39.1. The Labute approximate surface area is 532 Å². The molecule has 0 fully saturated rings. The third kappa shape index (κ3) is 71.3. The maximum absolute atomic E-state index is 12.6. The van der Waals surface area contributed by atoms with Crippen LogP contribution in [-0.4, -0.2) is 47.4 Å². The van der Waals surface area contributed by atoms with Gasteiger partial charge in [0.05, 0.1) is 25.4 Å². The lowest BCUT2D eigenvalue weighted by molar-refractivity contribution is -0.143. The summed E-state index contributed by atoms with van der Waals surface area (Å²) in [5.74, 6) is -0.0176. The van der Waals surface area contributed by atoms with Crippen molar-refractivity contribution in [1.29, 1.82) is 0 Å². The number of ether oxygens (including phenoxy) is 1. The normalized spacial score (nSPS) is 12.6. The lowest BCUT2D eigenvalue weighted by atomic mass is 10.0. The fraction of sp³-hybridized carbons (Fsp3) is 0.924. The summed E-state index contributed by atoms with van der Waals surface area (Å²) in [6, 6.07) is -0.539. The number of allylic oxidation sites excluding steroid dienone is 4. The predicted molar refractivity (Wildman–Crippen MR) is 375 cm³/mol. The van der Waals surface area contributed by atoms with Crippen molar-refractivity contribution < 1.29 is 24.5 Å². The quantitative estimate of drug-likeness (QED) is 0.0320. The Bertz CT molecular complexity index is 1330. The van der Waals surface area contributed by atoms with Crippen LogP contribution >= 0.6 is 0 Å². The molecule has 0 aromatic heterocycles. The highest BCUT2D eigenvalue weighted by Crippen LogP contribution is 2.20. The average molecular weight is 1200 g/mol. The molecule has 0 saturated carbocycles. The number of aliphatic hydroxyl groups is 2. The van der Waals surface area contributed by atoms with Gasteiger partial charge in [0, 0.05) is 12.8 Å². The molecule has 3 N–H and O–H groups in total. The van der Waals surface area contributed by atoms with Crippen LogP contribution in [0.3, 0.4) is 0 Å². The molecule has 6 nitrogen and oxygen atoms in total. The molecular weight excluding hydrogens is 1040 g/mol. The minimum atomic E-state index is -0.662. The van der Waals surface area contributed by atoms with E-state index in [1.165, 1.54) is 360 Å². The molecule has 0 spiro atoms. The maximum atomic E-state index is 12.6. The molecule has 2 unspecified atom stereocenters. The first-order valence-corrected chi connectivity index (χ1v) is 39.1. The number of unbranched alkanes of at least 4 members (excludes halogenated alkanes) is 59. The topological polar surface area (TPSA) is 95.9 Å². The first-order chi connectivity index (χ1) is 42.0. The van der Waals surface area contributed by atoms with Gasteiger partial charge in [-0.3, -0.25) is 9.59 Å². The Morgan fingerprint density at radius 1 is 0.329 bits per heavy atom. The molecule has 0 bridgehead atoms. The number of hydrogen-bond donors (Lipinski definition) is 3. The van der Waals surface area contributed by atoms with E-state index in [1.54, 1.807) is 0 Å². The SMILES string of the molecule is CCCC/C=C\C/C=C\CCCCCCCC(=O)OCCCCCCCCCCCCCCCCCCCCCCCCCCCCCCCCCCC(=O)NC(CO)C(O)CCCCCCCCCCCCCCCCCCCCCCCC. The Hall–Kier alpha value is -1.66. The molecule has 0 rings (SSSR count). The molecule has 0 heterocycles. The van der Waals surface area contributed by atoms with Crippen LogP contribution in [0.1, 0.15) is 444 Å². The lowest BCUT2D eigenvalue weighted by Crippen LogP contribution is -2.45. The standard InChI is InChI=1S/C79H153NO5/c1-3-5-7-9-11-13-15-17-19-20-21-22-35-38-41-44-47-51-55-59-63-67-71-77(82)76(75-81)80-78(83)72-68-64-60-56-52-48-45-42-39-36-33-31-29-27-25-23-24-26-28-30-32-34-37-40-43-46-50-54-58-62-66-70-74-85-79(84)73-69-65-61-57-53-49-18-16-14-12-10-8-6-4-2/h10,12,16,18,76-77,81-82H,3-9,11,13-15,17,19-75H2,1-2H3,(H,80,83)/b12-10-,18-16-. The van der Waals surface area contributed by atoms with Gasteiger partial charge in [-0.25, -0.2) is 0 Å².